The third-order valence-corrected chi connectivity index (χ3v) is 3.96. The molecule has 0 atom stereocenters. The largest absolute Gasteiger partial charge is 0.484 e. The Morgan fingerprint density at radius 2 is 2.18 bits per heavy atom. The molecule has 0 spiro atoms. The van der Waals surface area contributed by atoms with Gasteiger partial charge in [0.05, 0.1) is 6.54 Å². The van der Waals surface area contributed by atoms with E-state index in [0.717, 1.165) is 30.4 Å². The summed E-state index contributed by atoms with van der Waals surface area (Å²) in [6, 6.07) is 7.85. The topological polar surface area (TPSA) is 60.2 Å². The molecule has 22 heavy (non-hydrogen) atoms. The summed E-state index contributed by atoms with van der Waals surface area (Å²) in [6.07, 6.45) is 0.951. The van der Waals surface area contributed by atoms with Crippen molar-refractivity contribution in [3.8, 4) is 5.75 Å². The van der Waals surface area contributed by atoms with Crippen LogP contribution in [0.15, 0.2) is 24.3 Å². The summed E-state index contributed by atoms with van der Waals surface area (Å²) in [5.41, 5.74) is 1.20. The molecule has 116 valence electrons. The maximum Gasteiger partial charge on any atom is 0.260 e. The second-order valence-corrected chi connectivity index (χ2v) is 5.42. The Balaban J connectivity index is 1.58. The maximum atomic E-state index is 12.3. The lowest BCUT2D eigenvalue weighted by atomic mass is 10.2. The van der Waals surface area contributed by atoms with E-state index in [-0.39, 0.29) is 12.5 Å². The smallest absolute Gasteiger partial charge is 0.260 e. The summed E-state index contributed by atoms with van der Waals surface area (Å²) in [7, 11) is 0. The van der Waals surface area contributed by atoms with Gasteiger partial charge in [0.1, 0.15) is 11.6 Å². The van der Waals surface area contributed by atoms with Crippen molar-refractivity contribution in [1.82, 2.24) is 19.7 Å². The van der Waals surface area contributed by atoms with Gasteiger partial charge in [-0.15, -0.1) is 10.2 Å². The summed E-state index contributed by atoms with van der Waals surface area (Å²) in [5, 5.41) is 8.16. The van der Waals surface area contributed by atoms with Gasteiger partial charge in [-0.25, -0.2) is 0 Å². The predicted molar refractivity (Wildman–Crippen MR) is 81.5 cm³/mol. The minimum atomic E-state index is -0.0196. The monoisotopic (exact) mass is 300 g/mol. The molecule has 0 bridgehead atoms. The molecular formula is C16H20N4O2. The van der Waals surface area contributed by atoms with Gasteiger partial charge in [-0.1, -0.05) is 19.1 Å². The lowest BCUT2D eigenvalue weighted by Crippen LogP contribution is -2.41. The highest BCUT2D eigenvalue weighted by atomic mass is 16.5. The number of aryl methyl sites for hydroxylation is 2. The molecule has 1 aromatic heterocycles. The van der Waals surface area contributed by atoms with E-state index >= 15 is 0 Å². The summed E-state index contributed by atoms with van der Waals surface area (Å²) in [5.74, 6) is 2.46. The van der Waals surface area contributed by atoms with Gasteiger partial charge in [0, 0.05) is 13.1 Å². The number of carbonyl (C=O) groups is 1. The van der Waals surface area contributed by atoms with Gasteiger partial charge in [0.25, 0.3) is 5.91 Å². The Morgan fingerprint density at radius 1 is 1.32 bits per heavy atom. The van der Waals surface area contributed by atoms with Gasteiger partial charge < -0.3 is 14.2 Å². The molecule has 1 aliphatic heterocycles. The zero-order valence-electron chi connectivity index (χ0n) is 13.0. The quantitative estimate of drug-likeness (QED) is 0.860. The van der Waals surface area contributed by atoms with Crippen LogP contribution in [0, 0.1) is 6.92 Å². The van der Waals surface area contributed by atoms with Crippen molar-refractivity contribution < 1.29 is 9.53 Å². The van der Waals surface area contributed by atoms with E-state index in [1.165, 1.54) is 5.56 Å². The van der Waals surface area contributed by atoms with Crippen molar-refractivity contribution in [3.05, 3.63) is 41.5 Å². The Hall–Kier alpha value is -2.37. The number of carbonyl (C=O) groups excluding carboxylic acids is 1. The van der Waals surface area contributed by atoms with E-state index in [1.54, 1.807) is 4.90 Å². The van der Waals surface area contributed by atoms with Crippen molar-refractivity contribution >= 4 is 5.91 Å². The molecule has 0 radical (unpaired) electrons. The van der Waals surface area contributed by atoms with E-state index in [2.05, 4.69) is 27.8 Å². The fraction of sp³-hybridized carbons (Fsp3) is 0.438. The average molecular weight is 300 g/mol. The van der Waals surface area contributed by atoms with Crippen LogP contribution >= 0.6 is 0 Å². The highest BCUT2D eigenvalue weighted by molar-refractivity contribution is 5.77. The molecular weight excluding hydrogens is 280 g/mol. The molecule has 0 saturated heterocycles. The van der Waals surface area contributed by atoms with Crippen LogP contribution in [0.25, 0.3) is 0 Å². The molecule has 6 nitrogen and oxygen atoms in total. The molecule has 1 aromatic carbocycles. The van der Waals surface area contributed by atoms with Gasteiger partial charge in [0.15, 0.2) is 12.4 Å². The minimum Gasteiger partial charge on any atom is -0.484 e. The summed E-state index contributed by atoms with van der Waals surface area (Å²) < 4.78 is 7.67. The molecule has 0 aliphatic carbocycles. The first-order valence-corrected chi connectivity index (χ1v) is 7.55. The first-order valence-electron chi connectivity index (χ1n) is 7.55. The number of amides is 1. The third-order valence-electron chi connectivity index (χ3n) is 3.96. The summed E-state index contributed by atoms with van der Waals surface area (Å²) in [6.45, 7) is 5.99. The summed E-state index contributed by atoms with van der Waals surface area (Å²) >= 11 is 0. The normalized spacial score (nSPS) is 13.8. The number of hydrogen-bond donors (Lipinski definition) is 0. The second kappa shape index (κ2) is 6.17. The Labute approximate surface area is 129 Å². The van der Waals surface area contributed by atoms with Crippen molar-refractivity contribution in [2.75, 3.05) is 13.2 Å². The molecule has 0 N–H and O–H groups in total. The average Bonchev–Trinajstić information content (AvgIpc) is 2.93. The lowest BCUT2D eigenvalue weighted by Gasteiger charge is -2.27. The standard InChI is InChI=1S/C16H20N4O2/c1-3-13-5-4-6-14(9-13)22-11-16(21)19-7-8-20-12(2)17-18-15(20)10-19/h4-6,9H,3,7-8,10-11H2,1-2H3. The number of hydrogen-bond acceptors (Lipinski definition) is 4. The van der Waals surface area contributed by atoms with Gasteiger partial charge >= 0.3 is 0 Å². The predicted octanol–water partition coefficient (Wildman–Crippen LogP) is 1.57. The summed E-state index contributed by atoms with van der Waals surface area (Å²) in [4.78, 5) is 14.1. The van der Waals surface area contributed by atoms with Crippen molar-refractivity contribution in [3.63, 3.8) is 0 Å². The number of ether oxygens (including phenoxy) is 1. The molecule has 1 amide bonds. The molecule has 0 unspecified atom stereocenters. The fourth-order valence-corrected chi connectivity index (χ4v) is 2.61. The van der Waals surface area contributed by atoms with Gasteiger partial charge in [0.2, 0.25) is 0 Å². The van der Waals surface area contributed by atoms with Crippen molar-refractivity contribution in [2.24, 2.45) is 0 Å². The number of fused-ring (bicyclic) bond motifs is 1. The molecule has 2 heterocycles. The highest BCUT2D eigenvalue weighted by Crippen LogP contribution is 2.15. The molecule has 6 heteroatoms. The van der Waals surface area contributed by atoms with E-state index in [0.29, 0.717) is 13.1 Å². The van der Waals surface area contributed by atoms with Crippen molar-refractivity contribution in [2.45, 2.75) is 33.4 Å². The van der Waals surface area contributed by atoms with Crippen LogP contribution in [-0.4, -0.2) is 38.7 Å². The highest BCUT2D eigenvalue weighted by Gasteiger charge is 2.23. The Morgan fingerprint density at radius 3 is 3.00 bits per heavy atom. The second-order valence-electron chi connectivity index (χ2n) is 5.42. The SMILES string of the molecule is CCc1cccc(OCC(=O)N2CCn3c(C)nnc3C2)c1. The number of nitrogens with zero attached hydrogens (tertiary/aromatic N) is 4. The first-order chi connectivity index (χ1) is 10.7. The molecule has 1 aliphatic rings. The van der Waals surface area contributed by atoms with Gasteiger partial charge in [-0.2, -0.15) is 0 Å². The zero-order valence-corrected chi connectivity index (χ0v) is 13.0. The number of benzene rings is 1. The van der Waals surface area contributed by atoms with Crippen LogP contribution < -0.4 is 4.74 Å². The van der Waals surface area contributed by atoms with Crippen molar-refractivity contribution in [1.29, 1.82) is 0 Å². The molecule has 2 aromatic rings. The fourth-order valence-electron chi connectivity index (χ4n) is 2.61. The van der Waals surface area contributed by atoms with Crippen LogP contribution in [0.5, 0.6) is 5.75 Å². The third kappa shape index (κ3) is 2.95. The minimum absolute atomic E-state index is 0.0196. The Bertz CT molecular complexity index is 681. The molecule has 0 fully saturated rings. The first kappa shape index (κ1) is 14.6. The zero-order chi connectivity index (χ0) is 15.5. The molecule has 3 rings (SSSR count). The van der Waals surface area contributed by atoms with E-state index in [1.807, 2.05) is 25.1 Å². The van der Waals surface area contributed by atoms with E-state index in [4.69, 9.17) is 4.74 Å². The molecule has 0 saturated carbocycles. The van der Waals surface area contributed by atoms with Gasteiger partial charge in [-0.3, -0.25) is 4.79 Å². The lowest BCUT2D eigenvalue weighted by molar-refractivity contribution is -0.134. The van der Waals surface area contributed by atoms with Crippen LogP contribution in [0.2, 0.25) is 0 Å². The number of aromatic nitrogens is 3. The van der Waals surface area contributed by atoms with E-state index in [9.17, 15) is 4.79 Å². The van der Waals surface area contributed by atoms with E-state index < -0.39 is 0 Å². The number of rotatable bonds is 4. The van der Waals surface area contributed by atoms with Crippen LogP contribution in [0.1, 0.15) is 24.1 Å². The maximum absolute atomic E-state index is 12.3. The van der Waals surface area contributed by atoms with Crippen LogP contribution in [0.4, 0.5) is 0 Å². The van der Waals surface area contributed by atoms with Gasteiger partial charge in [-0.05, 0) is 31.0 Å². The van der Waals surface area contributed by atoms with Crippen LogP contribution in [-0.2, 0) is 24.3 Å². The van der Waals surface area contributed by atoms with Crippen LogP contribution in [0.3, 0.4) is 0 Å². The Kier molecular flexibility index (Phi) is 4.09.